The summed E-state index contributed by atoms with van der Waals surface area (Å²) in [5.74, 6) is 0. The van der Waals surface area contributed by atoms with Crippen LogP contribution in [0.3, 0.4) is 0 Å². The highest BCUT2D eigenvalue weighted by molar-refractivity contribution is 5.06. The van der Waals surface area contributed by atoms with Crippen LogP contribution in [0.1, 0.15) is 39.2 Å². The Labute approximate surface area is 92.9 Å². The van der Waals surface area contributed by atoms with E-state index in [0.717, 1.165) is 19.5 Å². The molecule has 0 fully saturated rings. The molecule has 1 unspecified atom stereocenters. The van der Waals surface area contributed by atoms with Crippen LogP contribution in [-0.4, -0.2) is 22.4 Å². The third-order valence-electron chi connectivity index (χ3n) is 2.62. The lowest BCUT2D eigenvalue weighted by atomic mass is 10.0. The van der Waals surface area contributed by atoms with E-state index in [1.165, 1.54) is 18.4 Å². The molecule has 1 N–H and O–H groups in total. The Bertz CT molecular complexity index is 262. The van der Waals surface area contributed by atoms with Crippen molar-refractivity contribution in [2.45, 2.75) is 52.6 Å². The summed E-state index contributed by atoms with van der Waals surface area (Å²) in [6, 6.07) is 0.606. The Morgan fingerprint density at radius 3 is 2.73 bits per heavy atom. The average molecular weight is 209 g/mol. The Balaban J connectivity index is 2.48. The molecule has 0 spiro atoms. The second kappa shape index (κ2) is 6.62. The lowest BCUT2D eigenvalue weighted by Crippen LogP contribution is -2.30. The minimum Gasteiger partial charge on any atom is -0.314 e. The predicted octanol–water partition coefficient (Wildman–Crippen LogP) is 2.22. The van der Waals surface area contributed by atoms with Gasteiger partial charge in [-0.2, -0.15) is 5.10 Å². The number of nitrogens with one attached hydrogen (secondary N) is 1. The topological polar surface area (TPSA) is 29.9 Å². The van der Waals surface area contributed by atoms with Crippen LogP contribution >= 0.6 is 0 Å². The summed E-state index contributed by atoms with van der Waals surface area (Å²) in [7, 11) is 0. The smallest absolute Gasteiger partial charge is 0.0522 e. The van der Waals surface area contributed by atoms with E-state index >= 15 is 0 Å². The molecule has 0 saturated carbocycles. The Morgan fingerprint density at radius 1 is 1.40 bits per heavy atom. The normalized spacial score (nSPS) is 13.0. The van der Waals surface area contributed by atoms with Gasteiger partial charge in [-0.15, -0.1) is 0 Å². The van der Waals surface area contributed by atoms with Crippen molar-refractivity contribution in [1.82, 2.24) is 15.1 Å². The fourth-order valence-corrected chi connectivity index (χ4v) is 1.88. The van der Waals surface area contributed by atoms with Crippen LogP contribution in [0.4, 0.5) is 0 Å². The van der Waals surface area contributed by atoms with Gasteiger partial charge in [0.1, 0.15) is 0 Å². The standard InChI is InChI=1S/C12H23N3/c1-4-7-12(13-5-2)8-11-9-14-15(6-3)10-11/h9-10,12-13H,4-8H2,1-3H3. The van der Waals surface area contributed by atoms with Crippen LogP contribution in [-0.2, 0) is 13.0 Å². The highest BCUT2D eigenvalue weighted by Crippen LogP contribution is 2.07. The monoisotopic (exact) mass is 209 g/mol. The van der Waals surface area contributed by atoms with Crippen molar-refractivity contribution in [1.29, 1.82) is 0 Å². The van der Waals surface area contributed by atoms with Gasteiger partial charge in [0, 0.05) is 18.8 Å². The molecule has 0 aromatic carbocycles. The first kappa shape index (κ1) is 12.2. The number of hydrogen-bond donors (Lipinski definition) is 1. The van der Waals surface area contributed by atoms with Crippen molar-refractivity contribution in [2.75, 3.05) is 6.54 Å². The second-order valence-corrected chi connectivity index (χ2v) is 3.95. The molecule has 0 saturated heterocycles. The quantitative estimate of drug-likeness (QED) is 0.746. The number of aryl methyl sites for hydroxylation is 1. The molecule has 1 aromatic rings. The highest BCUT2D eigenvalue weighted by atomic mass is 15.3. The molecule has 0 aliphatic rings. The van der Waals surface area contributed by atoms with E-state index in [1.807, 2.05) is 10.9 Å². The zero-order valence-corrected chi connectivity index (χ0v) is 10.2. The van der Waals surface area contributed by atoms with Gasteiger partial charge in [-0.1, -0.05) is 20.3 Å². The van der Waals surface area contributed by atoms with Gasteiger partial charge in [0.2, 0.25) is 0 Å². The zero-order chi connectivity index (χ0) is 11.1. The largest absolute Gasteiger partial charge is 0.314 e. The van der Waals surface area contributed by atoms with E-state index in [0.29, 0.717) is 6.04 Å². The summed E-state index contributed by atoms with van der Waals surface area (Å²) < 4.78 is 1.99. The van der Waals surface area contributed by atoms with Gasteiger partial charge in [0.15, 0.2) is 0 Å². The predicted molar refractivity (Wildman–Crippen MR) is 64.0 cm³/mol. The summed E-state index contributed by atoms with van der Waals surface area (Å²) >= 11 is 0. The zero-order valence-electron chi connectivity index (χ0n) is 10.2. The highest BCUT2D eigenvalue weighted by Gasteiger charge is 2.08. The second-order valence-electron chi connectivity index (χ2n) is 3.95. The maximum absolute atomic E-state index is 4.30. The van der Waals surface area contributed by atoms with E-state index in [-0.39, 0.29) is 0 Å². The number of hydrogen-bond acceptors (Lipinski definition) is 2. The van der Waals surface area contributed by atoms with Crippen LogP contribution < -0.4 is 5.32 Å². The van der Waals surface area contributed by atoms with Crippen LogP contribution in [0, 0.1) is 0 Å². The maximum atomic E-state index is 4.30. The Hall–Kier alpha value is -0.830. The van der Waals surface area contributed by atoms with Crippen LogP contribution in [0.5, 0.6) is 0 Å². The molecule has 0 amide bonds. The first-order chi connectivity index (χ1) is 7.30. The van der Waals surface area contributed by atoms with Gasteiger partial charge < -0.3 is 5.32 Å². The third-order valence-corrected chi connectivity index (χ3v) is 2.62. The van der Waals surface area contributed by atoms with Crippen molar-refractivity contribution in [3.8, 4) is 0 Å². The number of nitrogens with zero attached hydrogens (tertiary/aromatic N) is 2. The summed E-state index contributed by atoms with van der Waals surface area (Å²) in [6.07, 6.45) is 7.72. The summed E-state index contributed by atoms with van der Waals surface area (Å²) in [4.78, 5) is 0. The molecule has 1 atom stereocenters. The summed E-state index contributed by atoms with van der Waals surface area (Å²) in [5.41, 5.74) is 1.34. The van der Waals surface area contributed by atoms with Gasteiger partial charge >= 0.3 is 0 Å². The van der Waals surface area contributed by atoms with E-state index < -0.39 is 0 Å². The molecule has 1 heterocycles. The van der Waals surface area contributed by atoms with Crippen molar-refractivity contribution in [3.63, 3.8) is 0 Å². The molecule has 0 aliphatic heterocycles. The average Bonchev–Trinajstić information content (AvgIpc) is 2.66. The molecule has 0 bridgehead atoms. The van der Waals surface area contributed by atoms with Gasteiger partial charge in [-0.25, -0.2) is 0 Å². The van der Waals surface area contributed by atoms with Crippen molar-refractivity contribution >= 4 is 0 Å². The molecule has 15 heavy (non-hydrogen) atoms. The Morgan fingerprint density at radius 2 is 2.20 bits per heavy atom. The van der Waals surface area contributed by atoms with E-state index in [2.05, 4.69) is 37.4 Å². The van der Waals surface area contributed by atoms with Crippen LogP contribution in [0.15, 0.2) is 12.4 Å². The van der Waals surface area contributed by atoms with E-state index in [9.17, 15) is 0 Å². The first-order valence-electron chi connectivity index (χ1n) is 6.04. The van der Waals surface area contributed by atoms with Gasteiger partial charge in [0.05, 0.1) is 6.20 Å². The van der Waals surface area contributed by atoms with Crippen molar-refractivity contribution in [3.05, 3.63) is 18.0 Å². The van der Waals surface area contributed by atoms with Crippen LogP contribution in [0.2, 0.25) is 0 Å². The molecule has 1 aromatic heterocycles. The molecule has 3 nitrogen and oxygen atoms in total. The molecule has 3 heteroatoms. The van der Waals surface area contributed by atoms with E-state index in [1.54, 1.807) is 0 Å². The minimum atomic E-state index is 0.606. The van der Waals surface area contributed by atoms with Gasteiger partial charge in [-0.3, -0.25) is 4.68 Å². The summed E-state index contributed by atoms with van der Waals surface area (Å²) in [5, 5.41) is 7.82. The first-order valence-corrected chi connectivity index (χ1v) is 6.04. The number of likely N-dealkylation sites (N-methyl/N-ethyl adjacent to an activating group) is 1. The van der Waals surface area contributed by atoms with Crippen molar-refractivity contribution < 1.29 is 0 Å². The number of rotatable bonds is 7. The molecular formula is C12H23N3. The molecule has 86 valence electrons. The molecular weight excluding hydrogens is 186 g/mol. The molecule has 0 aliphatic carbocycles. The lowest BCUT2D eigenvalue weighted by molar-refractivity contribution is 0.485. The third kappa shape index (κ3) is 4.04. The van der Waals surface area contributed by atoms with Gasteiger partial charge in [0.25, 0.3) is 0 Å². The SMILES string of the molecule is CCCC(Cc1cnn(CC)c1)NCC. The van der Waals surface area contributed by atoms with Crippen LogP contribution in [0.25, 0.3) is 0 Å². The molecule has 0 radical (unpaired) electrons. The molecule has 1 rings (SSSR count). The lowest BCUT2D eigenvalue weighted by Gasteiger charge is -2.15. The minimum absolute atomic E-state index is 0.606. The number of aromatic nitrogens is 2. The fraction of sp³-hybridized carbons (Fsp3) is 0.750. The van der Waals surface area contributed by atoms with E-state index in [4.69, 9.17) is 0 Å². The maximum Gasteiger partial charge on any atom is 0.0522 e. The summed E-state index contributed by atoms with van der Waals surface area (Å²) in [6.45, 7) is 8.52. The van der Waals surface area contributed by atoms with Gasteiger partial charge in [-0.05, 0) is 31.9 Å². The fourth-order valence-electron chi connectivity index (χ4n) is 1.88. The Kier molecular flexibility index (Phi) is 5.40. The van der Waals surface area contributed by atoms with Crippen molar-refractivity contribution in [2.24, 2.45) is 0 Å².